The lowest BCUT2D eigenvalue weighted by atomic mass is 9.97. The summed E-state index contributed by atoms with van der Waals surface area (Å²) in [6.45, 7) is 2.53. The van der Waals surface area contributed by atoms with Crippen LogP contribution in [-0.4, -0.2) is 46.4 Å². The Morgan fingerprint density at radius 1 is 0.820 bits per heavy atom. The van der Waals surface area contributed by atoms with Crippen LogP contribution in [0.1, 0.15) is 84.0 Å². The van der Waals surface area contributed by atoms with Crippen molar-refractivity contribution in [3.63, 3.8) is 0 Å². The van der Waals surface area contributed by atoms with Crippen LogP contribution >= 0.6 is 11.8 Å². The molecule has 4 aromatic carbocycles. The number of rotatable bonds is 16. The van der Waals surface area contributed by atoms with Crippen molar-refractivity contribution in [2.75, 3.05) is 12.3 Å². The number of carboxylic acids is 1. The molecule has 0 aliphatic carbocycles. The average Bonchev–Trinajstić information content (AvgIpc) is 3.14. The van der Waals surface area contributed by atoms with Gasteiger partial charge in [-0.3, -0.25) is 9.59 Å². The standard InChI is InChI=1S/C40H44N2O7S/c1-27(44)41-22-6-2-3-9-38(45)42-24-33-7-4-5-8-36(33)29-14-16-32(17-15-29)40-48-34(26-50-35-20-18-31(19-21-35)39(46)47)23-37(49-40)30-12-10-28(25-43)11-13-30/h4-5,7-8,10-21,34,37,40,43H,2-3,6,9,22-26H2,1H3,(H,41,44)(H,42,45)(H,46,47)/t34-,37+,40+/m0/s1. The van der Waals surface area contributed by atoms with Crippen molar-refractivity contribution < 1.29 is 34.1 Å². The van der Waals surface area contributed by atoms with E-state index in [0.717, 1.165) is 57.5 Å². The van der Waals surface area contributed by atoms with Crippen LogP contribution in [0, 0.1) is 0 Å². The number of carboxylic acid groups (broad SMARTS) is 1. The van der Waals surface area contributed by atoms with E-state index in [1.807, 2.05) is 78.9 Å². The number of hydrogen-bond donors (Lipinski definition) is 4. The highest BCUT2D eigenvalue weighted by atomic mass is 32.2. The number of nitrogens with one attached hydrogen (secondary N) is 2. The van der Waals surface area contributed by atoms with Gasteiger partial charge in [0.15, 0.2) is 6.29 Å². The first-order valence-corrected chi connectivity index (χ1v) is 17.9. The Balaban J connectivity index is 1.24. The van der Waals surface area contributed by atoms with Gasteiger partial charge in [-0.05, 0) is 64.9 Å². The van der Waals surface area contributed by atoms with E-state index in [4.69, 9.17) is 9.47 Å². The van der Waals surface area contributed by atoms with Crippen LogP contribution in [-0.2, 0) is 32.2 Å². The van der Waals surface area contributed by atoms with Gasteiger partial charge in [0.25, 0.3) is 0 Å². The summed E-state index contributed by atoms with van der Waals surface area (Å²) in [4.78, 5) is 35.8. The van der Waals surface area contributed by atoms with E-state index >= 15 is 0 Å². The summed E-state index contributed by atoms with van der Waals surface area (Å²) < 4.78 is 13.0. The molecule has 1 aliphatic rings. The summed E-state index contributed by atoms with van der Waals surface area (Å²) in [5.74, 6) is -0.323. The molecule has 1 aliphatic heterocycles. The Bertz CT molecular complexity index is 1710. The van der Waals surface area contributed by atoms with Gasteiger partial charge in [-0.25, -0.2) is 4.79 Å². The number of aromatic carboxylic acids is 1. The molecule has 5 rings (SSSR count). The van der Waals surface area contributed by atoms with E-state index in [-0.39, 0.29) is 36.2 Å². The first-order valence-electron chi connectivity index (χ1n) is 16.9. The number of aliphatic hydroxyl groups is 1. The molecule has 0 unspecified atom stereocenters. The molecule has 9 nitrogen and oxygen atoms in total. The largest absolute Gasteiger partial charge is 0.478 e. The van der Waals surface area contributed by atoms with Gasteiger partial charge in [-0.15, -0.1) is 11.8 Å². The van der Waals surface area contributed by atoms with Gasteiger partial charge in [0.2, 0.25) is 11.8 Å². The number of hydrogen-bond acceptors (Lipinski definition) is 7. The number of unbranched alkanes of at least 4 members (excludes halogenated alkanes) is 2. The van der Waals surface area contributed by atoms with Crippen LogP contribution in [0.4, 0.5) is 0 Å². The van der Waals surface area contributed by atoms with Gasteiger partial charge < -0.3 is 30.3 Å². The summed E-state index contributed by atoms with van der Waals surface area (Å²) in [6, 6.07) is 30.8. The molecule has 0 saturated carbocycles. The molecule has 2 amide bonds. The minimum absolute atomic E-state index is 0.00632. The van der Waals surface area contributed by atoms with Crippen molar-refractivity contribution in [1.29, 1.82) is 0 Å². The SMILES string of the molecule is CC(=O)NCCCCCC(=O)NCc1ccccc1-c1ccc([C@@H]2O[C@H](CSc3ccc(C(=O)O)cc3)C[C@H](c3ccc(CO)cc3)O2)cc1. The highest BCUT2D eigenvalue weighted by Crippen LogP contribution is 2.40. The van der Waals surface area contributed by atoms with Crippen LogP contribution in [0.5, 0.6) is 0 Å². The molecule has 1 fully saturated rings. The van der Waals surface area contributed by atoms with E-state index < -0.39 is 12.3 Å². The summed E-state index contributed by atoms with van der Waals surface area (Å²) in [7, 11) is 0. The molecular formula is C40H44N2O7S. The maximum absolute atomic E-state index is 12.5. The van der Waals surface area contributed by atoms with Crippen LogP contribution in [0.25, 0.3) is 11.1 Å². The Kier molecular flexibility index (Phi) is 13.6. The molecule has 10 heteroatoms. The summed E-state index contributed by atoms with van der Waals surface area (Å²) in [5.41, 5.74) is 6.04. The second-order valence-electron chi connectivity index (χ2n) is 12.3. The first-order chi connectivity index (χ1) is 24.3. The van der Waals surface area contributed by atoms with Crippen molar-refractivity contribution in [2.24, 2.45) is 0 Å². The fourth-order valence-electron chi connectivity index (χ4n) is 5.82. The molecule has 0 bridgehead atoms. The quantitative estimate of drug-likeness (QED) is 0.0715. The minimum Gasteiger partial charge on any atom is -0.478 e. The van der Waals surface area contributed by atoms with E-state index in [0.29, 0.717) is 31.7 Å². The van der Waals surface area contributed by atoms with Crippen LogP contribution in [0.2, 0.25) is 0 Å². The second-order valence-corrected chi connectivity index (χ2v) is 13.4. The molecule has 1 heterocycles. The van der Waals surface area contributed by atoms with Crippen molar-refractivity contribution in [1.82, 2.24) is 10.6 Å². The van der Waals surface area contributed by atoms with Gasteiger partial charge in [-0.2, -0.15) is 0 Å². The van der Waals surface area contributed by atoms with E-state index in [1.54, 1.807) is 23.9 Å². The number of ether oxygens (including phenoxy) is 2. The topological polar surface area (TPSA) is 134 Å². The van der Waals surface area contributed by atoms with Crippen molar-refractivity contribution >= 4 is 29.5 Å². The highest BCUT2D eigenvalue weighted by Gasteiger charge is 2.32. The molecule has 3 atom stereocenters. The predicted molar refractivity (Wildman–Crippen MR) is 193 cm³/mol. The fourth-order valence-corrected chi connectivity index (χ4v) is 6.74. The molecule has 4 N–H and O–H groups in total. The van der Waals surface area contributed by atoms with Crippen molar-refractivity contribution in [3.8, 4) is 11.1 Å². The van der Waals surface area contributed by atoms with Crippen molar-refractivity contribution in [2.45, 2.75) is 75.6 Å². The summed E-state index contributed by atoms with van der Waals surface area (Å²) in [5, 5.41) is 24.6. The maximum atomic E-state index is 12.5. The van der Waals surface area contributed by atoms with Gasteiger partial charge in [0.05, 0.1) is 24.4 Å². The molecule has 1 saturated heterocycles. The zero-order valence-corrected chi connectivity index (χ0v) is 29.0. The molecule has 4 aromatic rings. The third-order valence-electron chi connectivity index (χ3n) is 8.59. The lowest BCUT2D eigenvalue weighted by Gasteiger charge is -2.36. The number of benzene rings is 4. The van der Waals surface area contributed by atoms with Crippen molar-refractivity contribution in [3.05, 3.63) is 125 Å². The normalized spacial score (nSPS) is 17.2. The third-order valence-corrected chi connectivity index (χ3v) is 9.74. The fraction of sp³-hybridized carbons (Fsp3) is 0.325. The molecule has 0 aromatic heterocycles. The minimum atomic E-state index is -0.951. The Labute approximate surface area is 297 Å². The van der Waals surface area contributed by atoms with Crippen LogP contribution in [0.15, 0.2) is 102 Å². The lowest BCUT2D eigenvalue weighted by Crippen LogP contribution is -2.31. The van der Waals surface area contributed by atoms with E-state index in [1.165, 1.54) is 6.92 Å². The van der Waals surface area contributed by atoms with Crippen LogP contribution < -0.4 is 10.6 Å². The van der Waals surface area contributed by atoms with Gasteiger partial charge in [-0.1, -0.05) is 79.2 Å². The van der Waals surface area contributed by atoms with E-state index in [2.05, 4.69) is 16.7 Å². The zero-order valence-electron chi connectivity index (χ0n) is 28.2. The molecule has 262 valence electrons. The molecule has 0 radical (unpaired) electrons. The summed E-state index contributed by atoms with van der Waals surface area (Å²) in [6.07, 6.45) is 2.63. The smallest absolute Gasteiger partial charge is 0.335 e. The van der Waals surface area contributed by atoms with Crippen LogP contribution in [0.3, 0.4) is 0 Å². The maximum Gasteiger partial charge on any atom is 0.335 e. The monoisotopic (exact) mass is 696 g/mol. The first kappa shape index (κ1) is 36.8. The predicted octanol–water partition coefficient (Wildman–Crippen LogP) is 7.19. The number of carbonyl (C=O) groups excluding carboxylic acids is 2. The van der Waals surface area contributed by atoms with Gasteiger partial charge >= 0.3 is 5.97 Å². The van der Waals surface area contributed by atoms with E-state index in [9.17, 15) is 24.6 Å². The molecular weight excluding hydrogens is 653 g/mol. The van der Waals surface area contributed by atoms with Gasteiger partial charge in [0.1, 0.15) is 0 Å². The summed E-state index contributed by atoms with van der Waals surface area (Å²) >= 11 is 1.61. The lowest BCUT2D eigenvalue weighted by molar-refractivity contribution is -0.245. The number of amides is 2. The Morgan fingerprint density at radius 2 is 1.54 bits per heavy atom. The van der Waals surface area contributed by atoms with Gasteiger partial charge in [0, 0.05) is 49.1 Å². The zero-order chi connectivity index (χ0) is 35.3. The molecule has 50 heavy (non-hydrogen) atoms. The third kappa shape index (κ3) is 10.8. The Morgan fingerprint density at radius 3 is 2.24 bits per heavy atom. The highest BCUT2D eigenvalue weighted by molar-refractivity contribution is 7.99. The number of aliphatic hydroxyl groups excluding tert-OH is 1. The molecule has 0 spiro atoms. The second kappa shape index (κ2) is 18.5. The number of carbonyl (C=O) groups is 3. The number of thioether (sulfide) groups is 1. The average molecular weight is 697 g/mol. The Hall–Kier alpha value is -4.48.